The Morgan fingerprint density at radius 3 is 2.28 bits per heavy atom. The quantitative estimate of drug-likeness (QED) is 0.459. The van der Waals surface area contributed by atoms with E-state index in [1.54, 1.807) is 6.07 Å². The van der Waals surface area contributed by atoms with Crippen LogP contribution in [0.2, 0.25) is 0 Å². The summed E-state index contributed by atoms with van der Waals surface area (Å²) in [4.78, 5) is 12.8. The molecule has 0 spiro atoms. The third-order valence-electron chi connectivity index (χ3n) is 4.84. The van der Waals surface area contributed by atoms with Crippen LogP contribution in [0, 0.1) is 12.8 Å². The lowest BCUT2D eigenvalue weighted by molar-refractivity contribution is -0.140. The predicted molar refractivity (Wildman–Crippen MR) is 108 cm³/mol. The molecule has 3 aromatic heterocycles. The highest BCUT2D eigenvalue weighted by atomic mass is 32.1. The Bertz CT molecular complexity index is 999. The summed E-state index contributed by atoms with van der Waals surface area (Å²) >= 11 is 2.37. The zero-order valence-electron chi connectivity index (χ0n) is 16.0. The molecule has 29 heavy (non-hydrogen) atoms. The number of alkyl halides is 3. The van der Waals surface area contributed by atoms with E-state index in [0.29, 0.717) is 28.1 Å². The van der Waals surface area contributed by atoms with Crippen molar-refractivity contribution < 1.29 is 17.9 Å². The van der Waals surface area contributed by atoms with Crippen LogP contribution < -0.4 is 4.74 Å². The van der Waals surface area contributed by atoms with E-state index in [4.69, 9.17) is 4.74 Å². The summed E-state index contributed by atoms with van der Waals surface area (Å²) in [6.07, 6.45) is -0.117. The molecular weight excluding hydrogens is 419 g/mol. The number of halogens is 3. The maximum atomic E-state index is 13.0. The number of thiazole rings is 2. The molecule has 0 amide bonds. The van der Waals surface area contributed by atoms with Gasteiger partial charge in [-0.05, 0) is 32.1 Å². The number of hydrogen-bond acceptors (Lipinski definition) is 6. The topological polar surface area (TPSA) is 47.9 Å². The molecule has 1 saturated carbocycles. The van der Waals surface area contributed by atoms with Gasteiger partial charge in [-0.25, -0.2) is 15.0 Å². The molecule has 1 fully saturated rings. The average Bonchev–Trinajstić information content (AvgIpc) is 3.30. The molecule has 0 saturated heterocycles. The van der Waals surface area contributed by atoms with E-state index in [9.17, 15) is 13.2 Å². The minimum absolute atomic E-state index is 0.0990. The fraction of sp³-hybridized carbons (Fsp3) is 0.450. The molecule has 0 bridgehead atoms. The highest BCUT2D eigenvalue weighted by Gasteiger charge is 2.34. The van der Waals surface area contributed by atoms with Gasteiger partial charge < -0.3 is 4.74 Å². The molecule has 2 atom stereocenters. The van der Waals surface area contributed by atoms with Gasteiger partial charge in [-0.15, -0.1) is 22.7 Å². The van der Waals surface area contributed by atoms with Gasteiger partial charge in [-0.1, -0.05) is 13.3 Å². The molecule has 1 unspecified atom stereocenters. The van der Waals surface area contributed by atoms with E-state index in [0.717, 1.165) is 41.7 Å². The minimum atomic E-state index is -4.48. The van der Waals surface area contributed by atoms with Gasteiger partial charge in [0.25, 0.3) is 0 Å². The first-order valence-electron chi connectivity index (χ1n) is 9.42. The number of rotatable bonds is 4. The van der Waals surface area contributed by atoms with Crippen LogP contribution in [0.5, 0.6) is 5.75 Å². The van der Waals surface area contributed by atoms with Crippen molar-refractivity contribution in [3.05, 3.63) is 34.3 Å². The lowest BCUT2D eigenvalue weighted by atomic mass is 9.89. The van der Waals surface area contributed by atoms with Crippen molar-refractivity contribution in [2.24, 2.45) is 5.92 Å². The fourth-order valence-corrected chi connectivity index (χ4v) is 5.01. The van der Waals surface area contributed by atoms with Crippen molar-refractivity contribution in [1.29, 1.82) is 0 Å². The average molecular weight is 440 g/mol. The van der Waals surface area contributed by atoms with Crippen LogP contribution in [0.1, 0.15) is 44.0 Å². The molecule has 0 N–H and O–H groups in total. The van der Waals surface area contributed by atoms with Crippen molar-refractivity contribution in [3.8, 4) is 27.2 Å². The van der Waals surface area contributed by atoms with Gasteiger partial charge in [-0.2, -0.15) is 13.2 Å². The third-order valence-corrected chi connectivity index (χ3v) is 6.69. The van der Waals surface area contributed by atoms with Crippen LogP contribution in [0.3, 0.4) is 0 Å². The smallest absolute Gasteiger partial charge is 0.434 e. The molecule has 4 rings (SSSR count). The highest BCUT2D eigenvalue weighted by molar-refractivity contribution is 7.13. The molecule has 3 aromatic rings. The summed E-state index contributed by atoms with van der Waals surface area (Å²) < 4.78 is 45.2. The third kappa shape index (κ3) is 4.78. The minimum Gasteiger partial charge on any atom is -0.490 e. The number of pyridine rings is 1. The zero-order valence-corrected chi connectivity index (χ0v) is 17.6. The van der Waals surface area contributed by atoms with Crippen molar-refractivity contribution in [2.75, 3.05) is 0 Å². The number of nitrogens with zero attached hydrogens (tertiary/aromatic N) is 3. The van der Waals surface area contributed by atoms with E-state index < -0.39 is 11.9 Å². The second-order valence-corrected chi connectivity index (χ2v) is 9.13. The second-order valence-electron chi connectivity index (χ2n) is 7.41. The number of aryl methyl sites for hydroxylation is 1. The van der Waals surface area contributed by atoms with Crippen LogP contribution >= 0.6 is 22.7 Å². The van der Waals surface area contributed by atoms with Crippen LogP contribution in [0.15, 0.2) is 22.9 Å². The van der Waals surface area contributed by atoms with Crippen LogP contribution in [-0.4, -0.2) is 21.1 Å². The van der Waals surface area contributed by atoms with E-state index in [1.165, 1.54) is 17.8 Å². The van der Waals surface area contributed by atoms with Crippen molar-refractivity contribution in [2.45, 2.75) is 51.8 Å². The first kappa shape index (κ1) is 20.3. The van der Waals surface area contributed by atoms with E-state index in [2.05, 4.69) is 21.9 Å². The first-order valence-corrected chi connectivity index (χ1v) is 11.2. The Labute approximate surface area is 174 Å². The standard InChI is InChI=1S/C20H20F3N3OS2/c1-11-4-3-5-13(6-11)27-14-7-15(18-24-12(2)9-28-18)25-16(8-14)19-26-17(10-29-19)20(21,22)23/h7-11,13H,3-6H2,1-2H3/t11?,13-/m0/s1. The molecule has 1 aliphatic rings. The molecule has 3 heterocycles. The number of aromatic nitrogens is 3. The van der Waals surface area contributed by atoms with E-state index in [1.807, 2.05) is 18.4 Å². The summed E-state index contributed by atoms with van der Waals surface area (Å²) in [5, 5.41) is 3.85. The monoisotopic (exact) mass is 439 g/mol. The molecule has 0 radical (unpaired) electrons. The van der Waals surface area contributed by atoms with Crippen LogP contribution in [-0.2, 0) is 6.18 Å². The summed E-state index contributed by atoms with van der Waals surface area (Å²) in [6, 6.07) is 3.50. The Balaban J connectivity index is 1.71. The maximum Gasteiger partial charge on any atom is 0.434 e. The Morgan fingerprint density at radius 1 is 1.00 bits per heavy atom. The lowest BCUT2D eigenvalue weighted by Gasteiger charge is -2.27. The Morgan fingerprint density at radius 2 is 1.69 bits per heavy atom. The molecule has 9 heteroatoms. The fourth-order valence-electron chi connectivity index (χ4n) is 3.46. The van der Waals surface area contributed by atoms with Gasteiger partial charge in [0.05, 0.1) is 6.10 Å². The summed E-state index contributed by atoms with van der Waals surface area (Å²) in [5.74, 6) is 1.20. The van der Waals surface area contributed by atoms with Crippen molar-refractivity contribution in [1.82, 2.24) is 15.0 Å². The van der Waals surface area contributed by atoms with Crippen LogP contribution in [0.25, 0.3) is 21.4 Å². The molecule has 0 aliphatic heterocycles. The first-order chi connectivity index (χ1) is 13.8. The predicted octanol–water partition coefficient (Wildman–Crippen LogP) is 6.61. The van der Waals surface area contributed by atoms with Gasteiger partial charge in [0.15, 0.2) is 5.69 Å². The summed E-state index contributed by atoms with van der Waals surface area (Å²) in [7, 11) is 0. The molecule has 1 aliphatic carbocycles. The van der Waals surface area contributed by atoms with Crippen molar-refractivity contribution >= 4 is 22.7 Å². The van der Waals surface area contributed by atoms with Gasteiger partial charge in [-0.3, -0.25) is 0 Å². The SMILES string of the molecule is Cc1csc(-c2cc(O[C@H]3CCCC(C)C3)cc(-c3nc(C(F)(F)F)cs3)n2)n1. The summed E-state index contributed by atoms with van der Waals surface area (Å²) in [6.45, 7) is 4.10. The van der Waals surface area contributed by atoms with E-state index >= 15 is 0 Å². The second kappa shape index (κ2) is 8.02. The zero-order chi connectivity index (χ0) is 20.6. The van der Waals surface area contributed by atoms with E-state index in [-0.39, 0.29) is 11.1 Å². The summed E-state index contributed by atoms with van der Waals surface area (Å²) in [5.41, 5.74) is 0.922. The van der Waals surface area contributed by atoms with Gasteiger partial charge in [0.1, 0.15) is 27.2 Å². The highest BCUT2D eigenvalue weighted by Crippen LogP contribution is 2.36. The van der Waals surface area contributed by atoms with Crippen LogP contribution in [0.4, 0.5) is 13.2 Å². The lowest BCUT2D eigenvalue weighted by Crippen LogP contribution is -2.24. The number of hydrogen-bond donors (Lipinski definition) is 0. The normalized spacial score (nSPS) is 20.0. The largest absolute Gasteiger partial charge is 0.490 e. The van der Waals surface area contributed by atoms with Gasteiger partial charge >= 0.3 is 6.18 Å². The Hall–Kier alpha value is -2.00. The maximum absolute atomic E-state index is 13.0. The van der Waals surface area contributed by atoms with Crippen molar-refractivity contribution in [3.63, 3.8) is 0 Å². The molecule has 4 nitrogen and oxygen atoms in total. The Kier molecular flexibility index (Phi) is 5.61. The molecular formula is C20H20F3N3OS2. The number of ether oxygens (including phenoxy) is 1. The van der Waals surface area contributed by atoms with Gasteiger partial charge in [0.2, 0.25) is 0 Å². The molecule has 0 aromatic carbocycles. The van der Waals surface area contributed by atoms with Gasteiger partial charge in [0, 0.05) is 28.6 Å². The molecule has 154 valence electrons.